The van der Waals surface area contributed by atoms with Crippen molar-refractivity contribution in [2.75, 3.05) is 27.4 Å². The summed E-state index contributed by atoms with van der Waals surface area (Å²) in [5.41, 5.74) is 1.33. The van der Waals surface area contributed by atoms with Crippen molar-refractivity contribution in [2.24, 2.45) is 11.8 Å². The molecule has 19 heavy (non-hydrogen) atoms. The molecule has 3 heteroatoms. The number of fused-ring (bicyclic) bond motifs is 1. The first-order valence-electron chi connectivity index (χ1n) is 7.13. The smallest absolute Gasteiger partial charge is 0.122 e. The van der Waals surface area contributed by atoms with E-state index in [-0.39, 0.29) is 0 Å². The number of ether oxygens (including phenoxy) is 2. The predicted molar refractivity (Wildman–Crippen MR) is 77.6 cm³/mol. The molecule has 0 spiro atoms. The summed E-state index contributed by atoms with van der Waals surface area (Å²) in [4.78, 5) is 0. The van der Waals surface area contributed by atoms with Gasteiger partial charge in [-0.25, -0.2) is 0 Å². The van der Waals surface area contributed by atoms with Crippen LogP contribution in [-0.2, 0) is 11.2 Å². The van der Waals surface area contributed by atoms with Gasteiger partial charge in [-0.3, -0.25) is 0 Å². The zero-order valence-electron chi connectivity index (χ0n) is 12.2. The lowest BCUT2D eigenvalue weighted by Gasteiger charge is -2.35. The van der Waals surface area contributed by atoms with Gasteiger partial charge in [0.25, 0.3) is 0 Å². The monoisotopic (exact) mass is 263 g/mol. The van der Waals surface area contributed by atoms with Crippen molar-refractivity contribution in [2.45, 2.75) is 25.8 Å². The average Bonchev–Trinajstić information content (AvgIpc) is 2.45. The van der Waals surface area contributed by atoms with Crippen molar-refractivity contribution < 1.29 is 9.47 Å². The van der Waals surface area contributed by atoms with Crippen LogP contribution in [0.5, 0.6) is 5.75 Å². The molecular formula is C16H25NO2. The number of benzene rings is 1. The summed E-state index contributed by atoms with van der Waals surface area (Å²) < 4.78 is 11.1. The maximum atomic E-state index is 5.90. The lowest BCUT2D eigenvalue weighted by molar-refractivity contribution is 0.131. The number of hydrogen-bond acceptors (Lipinski definition) is 3. The number of methoxy groups -OCH3 is 1. The predicted octanol–water partition coefficient (Wildman–Crippen LogP) is 2.50. The fourth-order valence-corrected chi connectivity index (χ4v) is 3.05. The quantitative estimate of drug-likeness (QED) is 0.855. The lowest BCUT2D eigenvalue weighted by atomic mass is 9.83. The molecule has 0 amide bonds. The van der Waals surface area contributed by atoms with Crippen LogP contribution in [0.1, 0.15) is 18.9 Å². The topological polar surface area (TPSA) is 30.5 Å². The maximum absolute atomic E-state index is 5.90. The summed E-state index contributed by atoms with van der Waals surface area (Å²) >= 11 is 0. The van der Waals surface area contributed by atoms with Gasteiger partial charge >= 0.3 is 0 Å². The van der Waals surface area contributed by atoms with E-state index < -0.39 is 0 Å². The summed E-state index contributed by atoms with van der Waals surface area (Å²) in [6.45, 7) is 3.92. The Morgan fingerprint density at radius 1 is 1.42 bits per heavy atom. The normalized spacial score (nSPS) is 21.3. The van der Waals surface area contributed by atoms with E-state index in [1.807, 2.05) is 6.07 Å². The van der Waals surface area contributed by atoms with E-state index in [2.05, 4.69) is 37.5 Å². The highest BCUT2D eigenvalue weighted by Gasteiger charge is 2.29. The highest BCUT2D eigenvalue weighted by molar-refractivity contribution is 5.35. The molecule has 0 aromatic heterocycles. The fourth-order valence-electron chi connectivity index (χ4n) is 3.05. The summed E-state index contributed by atoms with van der Waals surface area (Å²) in [5.74, 6) is 2.17. The molecule has 106 valence electrons. The van der Waals surface area contributed by atoms with Gasteiger partial charge in [0.2, 0.25) is 0 Å². The van der Waals surface area contributed by atoms with Gasteiger partial charge in [-0.1, -0.05) is 25.1 Å². The molecule has 1 aromatic carbocycles. The lowest BCUT2D eigenvalue weighted by Crippen LogP contribution is -2.44. The largest absolute Gasteiger partial charge is 0.493 e. The van der Waals surface area contributed by atoms with Crippen LogP contribution in [-0.4, -0.2) is 33.4 Å². The average molecular weight is 263 g/mol. The molecule has 1 aliphatic heterocycles. The van der Waals surface area contributed by atoms with E-state index in [0.29, 0.717) is 17.9 Å². The van der Waals surface area contributed by atoms with E-state index >= 15 is 0 Å². The van der Waals surface area contributed by atoms with Gasteiger partial charge in [0, 0.05) is 25.7 Å². The number of rotatable bonds is 6. The van der Waals surface area contributed by atoms with E-state index in [9.17, 15) is 0 Å². The molecule has 0 bridgehead atoms. The Kier molecular flexibility index (Phi) is 5.23. The third-order valence-electron chi connectivity index (χ3n) is 4.14. The van der Waals surface area contributed by atoms with Gasteiger partial charge in [0.1, 0.15) is 5.75 Å². The Labute approximate surface area is 116 Å². The van der Waals surface area contributed by atoms with Crippen LogP contribution >= 0.6 is 0 Å². The van der Waals surface area contributed by atoms with Crippen molar-refractivity contribution >= 4 is 0 Å². The zero-order valence-corrected chi connectivity index (χ0v) is 12.2. The second-order valence-electron chi connectivity index (χ2n) is 5.46. The molecule has 0 radical (unpaired) electrons. The summed E-state index contributed by atoms with van der Waals surface area (Å²) in [6.07, 6.45) is 2.18. The van der Waals surface area contributed by atoms with Crippen LogP contribution in [0.25, 0.3) is 0 Å². The maximum Gasteiger partial charge on any atom is 0.122 e. The summed E-state index contributed by atoms with van der Waals surface area (Å²) in [5, 5.41) is 3.48. The molecule has 0 saturated heterocycles. The molecule has 1 heterocycles. The van der Waals surface area contributed by atoms with E-state index in [1.54, 1.807) is 7.11 Å². The minimum absolute atomic E-state index is 0.475. The molecule has 0 saturated carbocycles. The first-order valence-corrected chi connectivity index (χ1v) is 7.13. The van der Waals surface area contributed by atoms with Crippen LogP contribution < -0.4 is 10.1 Å². The van der Waals surface area contributed by atoms with Crippen molar-refractivity contribution in [3.8, 4) is 5.75 Å². The Hall–Kier alpha value is -1.06. The molecule has 3 unspecified atom stereocenters. The molecule has 0 fully saturated rings. The van der Waals surface area contributed by atoms with Crippen LogP contribution in [0.2, 0.25) is 0 Å². The van der Waals surface area contributed by atoms with Gasteiger partial charge in [-0.15, -0.1) is 0 Å². The van der Waals surface area contributed by atoms with Gasteiger partial charge < -0.3 is 14.8 Å². The molecule has 1 aliphatic rings. The van der Waals surface area contributed by atoms with E-state index in [1.165, 1.54) is 5.56 Å². The third-order valence-corrected chi connectivity index (χ3v) is 4.14. The first-order chi connectivity index (χ1) is 9.26. The van der Waals surface area contributed by atoms with Crippen molar-refractivity contribution in [3.63, 3.8) is 0 Å². The van der Waals surface area contributed by atoms with Gasteiger partial charge in [-0.05, 0) is 37.4 Å². The van der Waals surface area contributed by atoms with Crippen molar-refractivity contribution in [1.82, 2.24) is 5.32 Å². The molecule has 2 rings (SSSR count). The van der Waals surface area contributed by atoms with Crippen molar-refractivity contribution in [3.05, 3.63) is 29.8 Å². The minimum Gasteiger partial charge on any atom is -0.493 e. The highest BCUT2D eigenvalue weighted by Crippen LogP contribution is 2.30. The second kappa shape index (κ2) is 6.92. The first kappa shape index (κ1) is 14.4. The third kappa shape index (κ3) is 3.48. The second-order valence-corrected chi connectivity index (χ2v) is 5.46. The molecule has 3 nitrogen and oxygen atoms in total. The Morgan fingerprint density at radius 2 is 2.21 bits per heavy atom. The van der Waals surface area contributed by atoms with Crippen molar-refractivity contribution in [1.29, 1.82) is 0 Å². The Morgan fingerprint density at radius 3 is 2.95 bits per heavy atom. The number of hydrogen-bond donors (Lipinski definition) is 1. The minimum atomic E-state index is 0.475. The SMILES string of the molecule is CNC(C(C)CCOC)C1COc2ccccc2C1. The summed E-state index contributed by atoms with van der Waals surface area (Å²) in [6, 6.07) is 8.84. The van der Waals surface area contributed by atoms with Crippen LogP contribution in [0.3, 0.4) is 0 Å². The highest BCUT2D eigenvalue weighted by atomic mass is 16.5. The molecule has 1 aromatic rings. The Balaban J connectivity index is 2.01. The number of para-hydroxylation sites is 1. The van der Waals surface area contributed by atoms with Gasteiger partial charge in [0.05, 0.1) is 6.61 Å². The Bertz CT molecular complexity index is 394. The van der Waals surface area contributed by atoms with Crippen LogP contribution in [0, 0.1) is 11.8 Å². The standard InChI is InChI=1S/C16H25NO2/c1-12(8-9-18-3)16(17-2)14-10-13-6-4-5-7-15(13)19-11-14/h4-7,12,14,16-17H,8-11H2,1-3H3. The van der Waals surface area contributed by atoms with E-state index in [4.69, 9.17) is 9.47 Å². The number of nitrogens with one attached hydrogen (secondary N) is 1. The zero-order chi connectivity index (χ0) is 13.7. The fraction of sp³-hybridized carbons (Fsp3) is 0.625. The van der Waals surface area contributed by atoms with Gasteiger partial charge in [0.15, 0.2) is 0 Å². The molecular weight excluding hydrogens is 238 g/mol. The molecule has 0 aliphatic carbocycles. The van der Waals surface area contributed by atoms with Crippen LogP contribution in [0.15, 0.2) is 24.3 Å². The van der Waals surface area contributed by atoms with Crippen LogP contribution in [0.4, 0.5) is 0 Å². The van der Waals surface area contributed by atoms with E-state index in [0.717, 1.165) is 31.8 Å². The molecule has 3 atom stereocenters. The summed E-state index contributed by atoms with van der Waals surface area (Å²) in [7, 11) is 3.82. The van der Waals surface area contributed by atoms with Gasteiger partial charge in [-0.2, -0.15) is 0 Å². The molecule has 1 N–H and O–H groups in total.